The molecule has 0 aliphatic heterocycles. The smallest absolute Gasteiger partial charge is 0.115 e. The first-order chi connectivity index (χ1) is 5.47. The molecule has 0 amide bonds. The Kier molecular flexibility index (Phi) is 1.52. The molecule has 11 heavy (non-hydrogen) atoms. The molecule has 2 heteroatoms. The fraction of sp³-hybridized carbons (Fsp3) is 0.111. The Morgan fingerprint density at radius 3 is 2.27 bits per heavy atom. The van der Waals surface area contributed by atoms with Gasteiger partial charge in [-0.2, -0.15) is 0 Å². The maximum absolute atomic E-state index is 3.95. The summed E-state index contributed by atoms with van der Waals surface area (Å²) >= 11 is 0. The lowest BCUT2D eigenvalue weighted by Gasteiger charge is -2.01. The lowest BCUT2D eigenvalue weighted by Crippen LogP contribution is -1.90. The number of aromatic nitrogens is 2. The standard InChI is InChI=1S/C9H8N2/c1-2-4-8(3-1)9-5-10-7-11-6-9/h1-8H. The van der Waals surface area contributed by atoms with Gasteiger partial charge in [0.2, 0.25) is 0 Å². The fourth-order valence-corrected chi connectivity index (χ4v) is 1.14. The molecule has 0 aromatic carbocycles. The molecule has 0 fully saturated rings. The quantitative estimate of drug-likeness (QED) is 0.599. The predicted molar refractivity (Wildman–Crippen MR) is 43.1 cm³/mol. The van der Waals surface area contributed by atoms with Crippen LogP contribution < -0.4 is 0 Å². The third-order valence-electron chi connectivity index (χ3n) is 1.71. The second-order valence-electron chi connectivity index (χ2n) is 2.47. The Morgan fingerprint density at radius 1 is 1.00 bits per heavy atom. The van der Waals surface area contributed by atoms with Crippen LogP contribution in [0.15, 0.2) is 43.0 Å². The Bertz CT molecular complexity index is 276. The van der Waals surface area contributed by atoms with Crippen molar-refractivity contribution in [3.8, 4) is 0 Å². The normalized spacial score (nSPS) is 16.0. The fourth-order valence-electron chi connectivity index (χ4n) is 1.14. The molecule has 54 valence electrons. The van der Waals surface area contributed by atoms with E-state index in [9.17, 15) is 0 Å². The van der Waals surface area contributed by atoms with E-state index in [2.05, 4.69) is 22.1 Å². The zero-order valence-electron chi connectivity index (χ0n) is 6.01. The van der Waals surface area contributed by atoms with Crippen LogP contribution in [0.25, 0.3) is 0 Å². The summed E-state index contributed by atoms with van der Waals surface area (Å²) < 4.78 is 0. The van der Waals surface area contributed by atoms with Gasteiger partial charge in [0.25, 0.3) is 0 Å². The lowest BCUT2D eigenvalue weighted by molar-refractivity contribution is 1.02. The van der Waals surface area contributed by atoms with Crippen LogP contribution in [-0.2, 0) is 0 Å². The number of rotatable bonds is 1. The van der Waals surface area contributed by atoms with Gasteiger partial charge in [-0.3, -0.25) is 0 Å². The highest BCUT2D eigenvalue weighted by molar-refractivity contribution is 5.31. The van der Waals surface area contributed by atoms with Crippen molar-refractivity contribution in [2.75, 3.05) is 0 Å². The molecule has 0 N–H and O–H groups in total. The largest absolute Gasteiger partial charge is 0.245 e. The van der Waals surface area contributed by atoms with E-state index in [1.807, 2.05) is 24.5 Å². The average Bonchev–Trinajstić information content (AvgIpc) is 2.58. The average molecular weight is 144 g/mol. The van der Waals surface area contributed by atoms with Crippen LogP contribution in [0.2, 0.25) is 0 Å². The molecule has 1 aliphatic rings. The SMILES string of the molecule is C1=CC(c2cncnc2)C=C1. The van der Waals surface area contributed by atoms with E-state index >= 15 is 0 Å². The summed E-state index contributed by atoms with van der Waals surface area (Å²) in [6.45, 7) is 0. The van der Waals surface area contributed by atoms with Crippen molar-refractivity contribution in [2.45, 2.75) is 5.92 Å². The molecule has 0 radical (unpaired) electrons. The minimum atomic E-state index is 0.385. The number of allylic oxidation sites excluding steroid dienone is 4. The zero-order valence-corrected chi connectivity index (χ0v) is 6.01. The summed E-state index contributed by atoms with van der Waals surface area (Å²) in [5.74, 6) is 0.385. The van der Waals surface area contributed by atoms with Crippen molar-refractivity contribution in [3.63, 3.8) is 0 Å². The van der Waals surface area contributed by atoms with Gasteiger partial charge >= 0.3 is 0 Å². The van der Waals surface area contributed by atoms with Gasteiger partial charge in [-0.15, -0.1) is 0 Å². The number of hydrogen-bond donors (Lipinski definition) is 0. The molecule has 0 saturated heterocycles. The summed E-state index contributed by atoms with van der Waals surface area (Å²) in [5.41, 5.74) is 1.15. The maximum atomic E-state index is 3.95. The van der Waals surface area contributed by atoms with Gasteiger partial charge in [-0.05, 0) is 5.56 Å². The summed E-state index contributed by atoms with van der Waals surface area (Å²) in [6, 6.07) is 0. The van der Waals surface area contributed by atoms with Crippen LogP contribution in [0, 0.1) is 0 Å². The van der Waals surface area contributed by atoms with Crippen LogP contribution in [0.1, 0.15) is 11.5 Å². The molecule has 2 rings (SSSR count). The first-order valence-corrected chi connectivity index (χ1v) is 3.57. The molecule has 0 saturated carbocycles. The summed E-state index contributed by atoms with van der Waals surface area (Å²) in [6.07, 6.45) is 13.6. The van der Waals surface area contributed by atoms with Gasteiger partial charge in [-0.1, -0.05) is 24.3 Å². The van der Waals surface area contributed by atoms with Crippen molar-refractivity contribution in [1.29, 1.82) is 0 Å². The van der Waals surface area contributed by atoms with Gasteiger partial charge < -0.3 is 0 Å². The minimum Gasteiger partial charge on any atom is -0.245 e. The van der Waals surface area contributed by atoms with E-state index in [-0.39, 0.29) is 0 Å². The summed E-state index contributed by atoms with van der Waals surface area (Å²) in [4.78, 5) is 7.90. The van der Waals surface area contributed by atoms with E-state index in [0.29, 0.717) is 5.92 Å². The van der Waals surface area contributed by atoms with Crippen LogP contribution in [0.4, 0.5) is 0 Å². The molecule has 1 aromatic heterocycles. The Balaban J connectivity index is 2.30. The predicted octanol–water partition coefficient (Wildman–Crippen LogP) is 1.69. The van der Waals surface area contributed by atoms with Gasteiger partial charge in [0.15, 0.2) is 0 Å². The van der Waals surface area contributed by atoms with Gasteiger partial charge in [-0.25, -0.2) is 9.97 Å². The van der Waals surface area contributed by atoms with Crippen molar-refractivity contribution >= 4 is 0 Å². The van der Waals surface area contributed by atoms with Crippen molar-refractivity contribution < 1.29 is 0 Å². The van der Waals surface area contributed by atoms with Crippen LogP contribution in [0.3, 0.4) is 0 Å². The van der Waals surface area contributed by atoms with Crippen molar-refractivity contribution in [1.82, 2.24) is 9.97 Å². The molecule has 2 nitrogen and oxygen atoms in total. The zero-order chi connectivity index (χ0) is 7.52. The molecule has 1 aromatic rings. The van der Waals surface area contributed by atoms with Crippen LogP contribution >= 0.6 is 0 Å². The minimum absolute atomic E-state index is 0.385. The topological polar surface area (TPSA) is 25.8 Å². The molecule has 1 heterocycles. The lowest BCUT2D eigenvalue weighted by atomic mass is 10.1. The molecular formula is C9H8N2. The summed E-state index contributed by atoms with van der Waals surface area (Å²) in [7, 11) is 0. The highest BCUT2D eigenvalue weighted by atomic mass is 14.8. The highest BCUT2D eigenvalue weighted by Crippen LogP contribution is 2.20. The number of nitrogens with zero attached hydrogens (tertiary/aromatic N) is 2. The van der Waals surface area contributed by atoms with E-state index < -0.39 is 0 Å². The van der Waals surface area contributed by atoms with Gasteiger partial charge in [0, 0.05) is 18.3 Å². The van der Waals surface area contributed by atoms with Crippen molar-refractivity contribution in [3.05, 3.63) is 48.6 Å². The molecule has 0 atom stereocenters. The Hall–Kier alpha value is -1.44. The second kappa shape index (κ2) is 2.66. The second-order valence-corrected chi connectivity index (χ2v) is 2.47. The van der Waals surface area contributed by atoms with E-state index in [4.69, 9.17) is 0 Å². The molecule has 0 unspecified atom stereocenters. The Labute approximate surface area is 65.3 Å². The third kappa shape index (κ3) is 1.19. The molecule has 1 aliphatic carbocycles. The van der Waals surface area contributed by atoms with Gasteiger partial charge in [0.1, 0.15) is 6.33 Å². The molecular weight excluding hydrogens is 136 g/mol. The Morgan fingerprint density at radius 2 is 1.64 bits per heavy atom. The highest BCUT2D eigenvalue weighted by Gasteiger charge is 2.05. The van der Waals surface area contributed by atoms with E-state index in [0.717, 1.165) is 5.56 Å². The van der Waals surface area contributed by atoms with E-state index in [1.165, 1.54) is 0 Å². The first kappa shape index (κ1) is 6.28. The van der Waals surface area contributed by atoms with Gasteiger partial charge in [0.05, 0.1) is 0 Å². The summed E-state index contributed by atoms with van der Waals surface area (Å²) in [5, 5.41) is 0. The number of hydrogen-bond acceptors (Lipinski definition) is 2. The third-order valence-corrected chi connectivity index (χ3v) is 1.71. The van der Waals surface area contributed by atoms with Crippen LogP contribution in [-0.4, -0.2) is 9.97 Å². The monoisotopic (exact) mass is 144 g/mol. The van der Waals surface area contributed by atoms with Crippen LogP contribution in [0.5, 0.6) is 0 Å². The van der Waals surface area contributed by atoms with E-state index in [1.54, 1.807) is 6.33 Å². The molecule has 0 spiro atoms. The first-order valence-electron chi connectivity index (χ1n) is 3.57. The maximum Gasteiger partial charge on any atom is 0.115 e. The molecule has 0 bridgehead atoms. The van der Waals surface area contributed by atoms with Crippen molar-refractivity contribution in [2.24, 2.45) is 0 Å².